The Morgan fingerprint density at radius 2 is 1.91 bits per heavy atom. The molecule has 298 valence electrons. The fraction of sp³-hybridized carbons (Fsp3) is 0.486. The number of allylic oxidation sites excluding steroid dienone is 2. The standard InChI is InChI=1S/C37H43F4N11O4/c1-48(19-21-4-6-22(7-5-21)44-18-25(31(42)32(38)39)46-34(54)24-17-45-51-14-3-13-43-33(24)51)29-12-15-50(20-37(29,40)41)23-8-9-26-28(16-23)49(2)36(56)52(26)27-10-11-30(53)47-35(27)55/h3,8-9,13-14,16-18,21-22,27,29,32H,4-7,10-12,15,19-20,42H2,1-2H3,(H,46,54)(H,47,53,55). The molecule has 4 aromatic rings. The molecular weight excluding hydrogens is 738 g/mol. The average Bonchev–Trinajstić information content (AvgIpc) is 3.71. The molecule has 1 saturated carbocycles. The van der Waals surface area contributed by atoms with Gasteiger partial charge in [-0.15, -0.1) is 0 Å². The predicted molar refractivity (Wildman–Crippen MR) is 199 cm³/mol. The van der Waals surface area contributed by atoms with Crippen molar-refractivity contribution in [2.75, 3.05) is 31.6 Å². The number of imide groups is 1. The molecule has 2 unspecified atom stereocenters. The number of hydrogen-bond donors (Lipinski definition) is 3. The molecule has 15 nitrogen and oxygen atoms in total. The molecule has 19 heteroatoms. The summed E-state index contributed by atoms with van der Waals surface area (Å²) in [6.07, 6.45) is 5.58. The Morgan fingerprint density at radius 1 is 1.14 bits per heavy atom. The van der Waals surface area contributed by atoms with Crippen LogP contribution in [0.5, 0.6) is 0 Å². The van der Waals surface area contributed by atoms with Gasteiger partial charge in [0.2, 0.25) is 11.8 Å². The number of aryl methyl sites for hydroxylation is 1. The van der Waals surface area contributed by atoms with E-state index in [-0.39, 0.29) is 48.1 Å². The Hall–Kier alpha value is -5.59. The Labute approximate surface area is 318 Å². The number of halogens is 4. The summed E-state index contributed by atoms with van der Waals surface area (Å²) in [5, 5.41) is 8.76. The highest BCUT2D eigenvalue weighted by Gasteiger charge is 2.47. The number of carbonyl (C=O) groups is 3. The molecule has 1 aliphatic carbocycles. The number of aromatic nitrogens is 5. The molecule has 0 spiro atoms. The summed E-state index contributed by atoms with van der Waals surface area (Å²) >= 11 is 0. The van der Waals surface area contributed by atoms with E-state index in [2.05, 4.69) is 25.7 Å². The SMILES string of the molecule is CN(CC1CCC(N=CC(NC(=O)c2cnn3cccnc23)=C(N)C(F)F)CC1)C1CCN(c2ccc3c(c2)n(C)c(=O)n3C2CCC(=O)NC2=O)CC1(F)F. The maximum Gasteiger partial charge on any atom is 0.329 e. The summed E-state index contributed by atoms with van der Waals surface area (Å²) in [6, 6.07) is 4.60. The van der Waals surface area contributed by atoms with E-state index >= 15 is 8.78 Å². The minimum absolute atomic E-state index is 0.0771. The molecule has 56 heavy (non-hydrogen) atoms. The number of benzene rings is 1. The zero-order valence-electron chi connectivity index (χ0n) is 30.9. The third-order valence-electron chi connectivity index (χ3n) is 11.1. The topological polar surface area (TPSA) is 177 Å². The fourth-order valence-electron chi connectivity index (χ4n) is 8.13. The van der Waals surface area contributed by atoms with Crippen LogP contribution in [0.15, 0.2) is 64.0 Å². The quantitative estimate of drug-likeness (QED) is 0.124. The summed E-state index contributed by atoms with van der Waals surface area (Å²) in [5.41, 5.74) is 5.91. The van der Waals surface area contributed by atoms with Crippen molar-refractivity contribution in [3.8, 4) is 0 Å². The minimum Gasteiger partial charge on any atom is -0.396 e. The Bertz CT molecular complexity index is 2270. The predicted octanol–water partition coefficient (Wildman–Crippen LogP) is 3.00. The number of hydrogen-bond acceptors (Lipinski definition) is 10. The monoisotopic (exact) mass is 781 g/mol. The van der Waals surface area contributed by atoms with Crippen molar-refractivity contribution in [2.45, 2.75) is 75.4 Å². The van der Waals surface area contributed by atoms with Crippen LogP contribution in [0.4, 0.5) is 23.2 Å². The molecule has 2 aliphatic heterocycles. The van der Waals surface area contributed by atoms with Crippen LogP contribution in [-0.4, -0.2) is 104 Å². The van der Waals surface area contributed by atoms with Crippen molar-refractivity contribution >= 4 is 46.3 Å². The molecule has 2 saturated heterocycles. The number of nitrogens with two attached hydrogens (primary N) is 1. The third kappa shape index (κ3) is 7.63. The Balaban J connectivity index is 0.944. The third-order valence-corrected chi connectivity index (χ3v) is 11.1. The second-order valence-electron chi connectivity index (χ2n) is 14.8. The maximum absolute atomic E-state index is 15.9. The Kier molecular flexibility index (Phi) is 10.7. The number of piperidine rings is 2. The van der Waals surface area contributed by atoms with Gasteiger partial charge in [0, 0.05) is 50.9 Å². The summed E-state index contributed by atoms with van der Waals surface area (Å²) in [4.78, 5) is 62.3. The van der Waals surface area contributed by atoms with Crippen molar-refractivity contribution in [1.29, 1.82) is 0 Å². The van der Waals surface area contributed by atoms with Gasteiger partial charge in [-0.3, -0.25) is 38.7 Å². The van der Waals surface area contributed by atoms with Crippen molar-refractivity contribution in [3.05, 3.63) is 70.3 Å². The van der Waals surface area contributed by atoms with E-state index in [9.17, 15) is 28.0 Å². The molecule has 3 aliphatic rings. The molecule has 3 fully saturated rings. The first-order valence-corrected chi connectivity index (χ1v) is 18.5. The van der Waals surface area contributed by atoms with E-state index in [0.717, 1.165) is 6.21 Å². The number of nitrogens with zero attached hydrogens (tertiary/aromatic N) is 8. The van der Waals surface area contributed by atoms with Crippen LogP contribution in [0.25, 0.3) is 16.7 Å². The van der Waals surface area contributed by atoms with Gasteiger partial charge in [0.15, 0.2) is 5.65 Å². The lowest BCUT2D eigenvalue weighted by atomic mass is 9.85. The number of fused-ring (bicyclic) bond motifs is 2. The van der Waals surface area contributed by atoms with E-state index in [1.807, 2.05) is 0 Å². The summed E-state index contributed by atoms with van der Waals surface area (Å²) in [5.74, 6) is -4.58. The van der Waals surface area contributed by atoms with Gasteiger partial charge in [-0.25, -0.2) is 31.9 Å². The number of rotatable bonds is 10. The van der Waals surface area contributed by atoms with Crippen LogP contribution in [0.2, 0.25) is 0 Å². The van der Waals surface area contributed by atoms with Crippen LogP contribution in [0.1, 0.15) is 61.3 Å². The minimum atomic E-state index is -3.05. The molecular formula is C37H43F4N11O4. The highest BCUT2D eigenvalue weighted by molar-refractivity contribution is 6.03. The van der Waals surface area contributed by atoms with Gasteiger partial charge in [0.1, 0.15) is 17.3 Å². The molecule has 3 amide bonds. The molecule has 1 aromatic carbocycles. The lowest BCUT2D eigenvalue weighted by Crippen LogP contribution is -2.58. The van der Waals surface area contributed by atoms with Gasteiger partial charge >= 0.3 is 5.69 Å². The fourth-order valence-corrected chi connectivity index (χ4v) is 8.13. The molecule has 4 N–H and O–H groups in total. The number of alkyl halides is 4. The van der Waals surface area contributed by atoms with Crippen molar-refractivity contribution < 1.29 is 31.9 Å². The van der Waals surface area contributed by atoms with E-state index in [0.29, 0.717) is 55.5 Å². The molecule has 2 atom stereocenters. The van der Waals surface area contributed by atoms with Gasteiger partial charge in [-0.05, 0) is 75.8 Å². The highest BCUT2D eigenvalue weighted by Crippen LogP contribution is 2.36. The van der Waals surface area contributed by atoms with E-state index < -0.39 is 60.1 Å². The molecule has 0 bridgehead atoms. The van der Waals surface area contributed by atoms with Gasteiger partial charge in [-0.2, -0.15) is 5.10 Å². The zero-order chi connectivity index (χ0) is 39.9. The Morgan fingerprint density at radius 3 is 2.62 bits per heavy atom. The zero-order valence-corrected chi connectivity index (χ0v) is 30.9. The lowest BCUT2D eigenvalue weighted by molar-refractivity contribution is -0.135. The number of anilines is 1. The molecule has 0 radical (unpaired) electrons. The second-order valence-corrected chi connectivity index (χ2v) is 14.8. The number of imidazole rings is 1. The number of amides is 3. The first-order chi connectivity index (χ1) is 26.7. The largest absolute Gasteiger partial charge is 0.396 e. The number of carbonyl (C=O) groups excluding carboxylic acids is 3. The summed E-state index contributed by atoms with van der Waals surface area (Å²) in [6.45, 7) is 0.298. The second kappa shape index (κ2) is 15.5. The van der Waals surface area contributed by atoms with E-state index in [4.69, 9.17) is 5.73 Å². The summed E-state index contributed by atoms with van der Waals surface area (Å²) < 4.78 is 63.1. The smallest absolute Gasteiger partial charge is 0.329 e. The lowest BCUT2D eigenvalue weighted by Gasteiger charge is -2.44. The van der Waals surface area contributed by atoms with Crippen LogP contribution in [-0.2, 0) is 16.6 Å². The van der Waals surface area contributed by atoms with Crippen LogP contribution >= 0.6 is 0 Å². The van der Waals surface area contributed by atoms with Crippen LogP contribution in [0.3, 0.4) is 0 Å². The van der Waals surface area contributed by atoms with E-state index in [1.165, 1.54) is 26.0 Å². The normalized spacial score (nSPS) is 23.7. The average molecular weight is 782 g/mol. The molecule has 5 heterocycles. The maximum atomic E-state index is 15.9. The molecule has 3 aromatic heterocycles. The highest BCUT2D eigenvalue weighted by atomic mass is 19.3. The van der Waals surface area contributed by atoms with Gasteiger partial charge in [-0.1, -0.05) is 0 Å². The molecule has 7 rings (SSSR count). The first-order valence-electron chi connectivity index (χ1n) is 18.5. The first kappa shape index (κ1) is 38.7. The number of nitrogens with one attached hydrogen (secondary N) is 2. The van der Waals surface area contributed by atoms with Crippen LogP contribution < -0.4 is 27.0 Å². The van der Waals surface area contributed by atoms with E-state index in [1.54, 1.807) is 54.4 Å². The van der Waals surface area contributed by atoms with Crippen molar-refractivity contribution in [3.63, 3.8) is 0 Å². The summed E-state index contributed by atoms with van der Waals surface area (Å²) in [7, 11) is 3.28. The number of aliphatic imine (C=N–C) groups is 1. The van der Waals surface area contributed by atoms with Gasteiger partial charge in [0.25, 0.3) is 18.3 Å². The van der Waals surface area contributed by atoms with Gasteiger partial charge in [0.05, 0.1) is 41.6 Å². The van der Waals surface area contributed by atoms with Crippen LogP contribution in [0, 0.1) is 5.92 Å². The van der Waals surface area contributed by atoms with Gasteiger partial charge < -0.3 is 16.0 Å². The van der Waals surface area contributed by atoms with Crippen molar-refractivity contribution in [2.24, 2.45) is 23.7 Å². The van der Waals surface area contributed by atoms with Crippen molar-refractivity contribution in [1.82, 2.24) is 39.3 Å².